The normalized spacial score (nSPS) is 31.7. The van der Waals surface area contributed by atoms with Crippen LogP contribution >= 0.6 is 0 Å². The van der Waals surface area contributed by atoms with E-state index in [1.165, 1.54) is 13.0 Å². The molecule has 0 amide bonds. The van der Waals surface area contributed by atoms with E-state index < -0.39 is 0 Å². The number of likely N-dealkylation sites (N-methyl/N-ethyl adjacent to an activating group) is 1. The maximum Gasteiger partial charge on any atom is 0.119 e. The number of hydrogen-bond acceptors (Lipinski definition) is 4. The Balaban J connectivity index is 1.69. The average molecular weight is 313 g/mol. The van der Waals surface area contributed by atoms with Crippen molar-refractivity contribution in [3.05, 3.63) is 29.8 Å². The van der Waals surface area contributed by atoms with Crippen LogP contribution in [0.25, 0.3) is 0 Å². The quantitative estimate of drug-likeness (QED) is 0.928. The zero-order valence-corrected chi connectivity index (χ0v) is 14.2. The van der Waals surface area contributed by atoms with Gasteiger partial charge in [0.2, 0.25) is 0 Å². The molecule has 1 aromatic rings. The number of ether oxygens (including phenoxy) is 1. The number of likely N-dealkylation sites (tertiary alicyclic amines) is 1. The Morgan fingerprint density at radius 1 is 1.30 bits per heavy atom. The van der Waals surface area contributed by atoms with Crippen LogP contribution in [-0.4, -0.2) is 44.2 Å². The second kappa shape index (κ2) is 6.90. The van der Waals surface area contributed by atoms with E-state index in [0.29, 0.717) is 12.1 Å². The minimum atomic E-state index is -0.340. The average Bonchev–Trinajstić information content (AvgIpc) is 3.11. The standard InChI is InChI=1S/C19H27N3O/c1-21-16-8-11-22(13-16)17-6-9-19(14-20,10-7-17)15-4-3-5-18(12-15)23-2/h3-5,12,16-17,21H,6-11,13H2,1-2H3. The number of rotatable bonds is 4. The monoisotopic (exact) mass is 313 g/mol. The lowest BCUT2D eigenvalue weighted by molar-refractivity contribution is 0.163. The van der Waals surface area contributed by atoms with Crippen molar-refractivity contribution in [2.45, 2.75) is 49.6 Å². The fraction of sp³-hybridized carbons (Fsp3) is 0.632. The Morgan fingerprint density at radius 3 is 2.70 bits per heavy atom. The van der Waals surface area contributed by atoms with Crippen molar-refractivity contribution < 1.29 is 4.74 Å². The highest BCUT2D eigenvalue weighted by atomic mass is 16.5. The molecule has 1 aromatic carbocycles. The molecule has 1 saturated heterocycles. The molecule has 2 aliphatic rings. The smallest absolute Gasteiger partial charge is 0.119 e. The number of methoxy groups -OCH3 is 1. The van der Waals surface area contributed by atoms with Crippen LogP contribution in [0, 0.1) is 11.3 Å². The number of hydrogen-bond donors (Lipinski definition) is 1. The molecule has 0 radical (unpaired) electrons. The lowest BCUT2D eigenvalue weighted by atomic mass is 9.69. The van der Waals surface area contributed by atoms with E-state index in [1.54, 1.807) is 7.11 Å². The summed E-state index contributed by atoms with van der Waals surface area (Å²) in [6, 6.07) is 12.0. The molecule has 1 unspecified atom stereocenters. The number of nitriles is 1. The van der Waals surface area contributed by atoms with Gasteiger partial charge in [0.1, 0.15) is 5.75 Å². The molecule has 4 heteroatoms. The highest BCUT2D eigenvalue weighted by molar-refractivity contribution is 5.38. The van der Waals surface area contributed by atoms with Gasteiger partial charge in [0.25, 0.3) is 0 Å². The van der Waals surface area contributed by atoms with Gasteiger partial charge in [0.05, 0.1) is 18.6 Å². The van der Waals surface area contributed by atoms with Crippen molar-refractivity contribution in [1.82, 2.24) is 10.2 Å². The van der Waals surface area contributed by atoms with E-state index in [2.05, 4.69) is 29.4 Å². The summed E-state index contributed by atoms with van der Waals surface area (Å²) in [5.41, 5.74) is 0.778. The van der Waals surface area contributed by atoms with Crippen molar-refractivity contribution in [3.63, 3.8) is 0 Å². The molecule has 1 atom stereocenters. The van der Waals surface area contributed by atoms with Crippen LogP contribution in [0.5, 0.6) is 5.75 Å². The highest BCUT2D eigenvalue weighted by Crippen LogP contribution is 2.41. The Kier molecular flexibility index (Phi) is 4.89. The van der Waals surface area contributed by atoms with E-state index in [9.17, 15) is 5.26 Å². The molecule has 0 bridgehead atoms. The van der Waals surface area contributed by atoms with Crippen molar-refractivity contribution >= 4 is 0 Å². The van der Waals surface area contributed by atoms with Crippen LogP contribution in [0.2, 0.25) is 0 Å². The van der Waals surface area contributed by atoms with Crippen LogP contribution in [0.1, 0.15) is 37.7 Å². The Hall–Kier alpha value is -1.57. The minimum Gasteiger partial charge on any atom is -0.497 e. The van der Waals surface area contributed by atoms with Gasteiger partial charge in [-0.1, -0.05) is 12.1 Å². The summed E-state index contributed by atoms with van der Waals surface area (Å²) >= 11 is 0. The minimum absolute atomic E-state index is 0.340. The lowest BCUT2D eigenvalue weighted by Gasteiger charge is -2.39. The van der Waals surface area contributed by atoms with Crippen LogP contribution in [0.15, 0.2) is 24.3 Å². The maximum atomic E-state index is 9.88. The third-order valence-electron chi connectivity index (χ3n) is 5.79. The summed E-state index contributed by atoms with van der Waals surface area (Å²) in [7, 11) is 3.74. The first-order valence-electron chi connectivity index (χ1n) is 8.68. The summed E-state index contributed by atoms with van der Waals surface area (Å²) in [6.07, 6.45) is 5.36. The molecule has 4 nitrogen and oxygen atoms in total. The van der Waals surface area contributed by atoms with Crippen molar-refractivity contribution in [2.24, 2.45) is 0 Å². The molecule has 3 rings (SSSR count). The molecular weight excluding hydrogens is 286 g/mol. The van der Waals surface area contributed by atoms with E-state index in [-0.39, 0.29) is 5.41 Å². The molecule has 1 N–H and O–H groups in total. The zero-order chi connectivity index (χ0) is 16.3. The SMILES string of the molecule is CNC1CCN(C2CCC(C#N)(c3cccc(OC)c3)CC2)C1. The van der Waals surface area contributed by atoms with Gasteiger partial charge in [-0.3, -0.25) is 4.90 Å². The molecule has 23 heavy (non-hydrogen) atoms. The molecule has 124 valence electrons. The Bertz CT molecular complexity index is 572. The van der Waals surface area contributed by atoms with Crippen LogP contribution in [-0.2, 0) is 5.41 Å². The van der Waals surface area contributed by atoms with E-state index >= 15 is 0 Å². The fourth-order valence-electron chi connectivity index (χ4n) is 4.20. The first-order chi connectivity index (χ1) is 11.2. The van der Waals surface area contributed by atoms with Gasteiger partial charge in [0, 0.05) is 25.2 Å². The predicted octanol–water partition coefficient (Wildman–Crippen LogP) is 2.69. The van der Waals surface area contributed by atoms with Gasteiger partial charge in [-0.25, -0.2) is 0 Å². The third-order valence-corrected chi connectivity index (χ3v) is 5.79. The van der Waals surface area contributed by atoms with Crippen molar-refractivity contribution in [2.75, 3.05) is 27.2 Å². The van der Waals surface area contributed by atoms with Gasteiger partial charge < -0.3 is 10.1 Å². The summed E-state index contributed by atoms with van der Waals surface area (Å²) < 4.78 is 5.34. The molecule has 1 heterocycles. The molecule has 1 aliphatic carbocycles. The summed E-state index contributed by atoms with van der Waals surface area (Å²) in [4.78, 5) is 2.62. The Labute approximate surface area is 139 Å². The van der Waals surface area contributed by atoms with Gasteiger partial charge in [-0.2, -0.15) is 5.26 Å². The second-order valence-electron chi connectivity index (χ2n) is 6.93. The largest absolute Gasteiger partial charge is 0.497 e. The maximum absolute atomic E-state index is 9.88. The van der Waals surface area contributed by atoms with Gasteiger partial charge in [-0.05, 0) is 56.8 Å². The number of benzene rings is 1. The summed E-state index contributed by atoms with van der Waals surface area (Å²) in [5, 5.41) is 13.3. The molecule has 0 spiro atoms. The predicted molar refractivity (Wildman–Crippen MR) is 91.6 cm³/mol. The number of nitrogens with one attached hydrogen (secondary N) is 1. The molecule has 0 aromatic heterocycles. The molecule has 2 fully saturated rings. The van der Waals surface area contributed by atoms with Gasteiger partial charge in [-0.15, -0.1) is 0 Å². The topological polar surface area (TPSA) is 48.3 Å². The highest BCUT2D eigenvalue weighted by Gasteiger charge is 2.40. The van der Waals surface area contributed by atoms with Crippen LogP contribution < -0.4 is 10.1 Å². The summed E-state index contributed by atoms with van der Waals surface area (Å²) in [6.45, 7) is 2.34. The molecular formula is C19H27N3O. The first-order valence-corrected chi connectivity index (χ1v) is 8.68. The van der Waals surface area contributed by atoms with Crippen molar-refractivity contribution in [3.8, 4) is 11.8 Å². The zero-order valence-electron chi connectivity index (χ0n) is 14.2. The number of nitrogens with zero attached hydrogens (tertiary/aromatic N) is 2. The van der Waals surface area contributed by atoms with Crippen LogP contribution in [0.3, 0.4) is 0 Å². The van der Waals surface area contributed by atoms with E-state index in [0.717, 1.165) is 43.5 Å². The second-order valence-corrected chi connectivity index (χ2v) is 6.93. The molecule has 1 aliphatic heterocycles. The summed E-state index contributed by atoms with van der Waals surface area (Å²) in [5.74, 6) is 0.843. The third kappa shape index (κ3) is 3.22. The van der Waals surface area contributed by atoms with Gasteiger partial charge in [0.15, 0.2) is 0 Å². The van der Waals surface area contributed by atoms with E-state index in [1.807, 2.05) is 18.2 Å². The first kappa shape index (κ1) is 16.3. The fourth-order valence-corrected chi connectivity index (χ4v) is 4.20. The lowest BCUT2D eigenvalue weighted by Crippen LogP contribution is -2.42. The molecule has 1 saturated carbocycles. The Morgan fingerprint density at radius 2 is 2.09 bits per heavy atom. The van der Waals surface area contributed by atoms with E-state index in [4.69, 9.17) is 4.74 Å². The van der Waals surface area contributed by atoms with Gasteiger partial charge >= 0.3 is 0 Å². The van der Waals surface area contributed by atoms with Crippen LogP contribution in [0.4, 0.5) is 0 Å². The van der Waals surface area contributed by atoms with Crippen molar-refractivity contribution in [1.29, 1.82) is 5.26 Å².